The van der Waals surface area contributed by atoms with Crippen LogP contribution in [0.25, 0.3) is 22.3 Å². The fourth-order valence-corrected chi connectivity index (χ4v) is 2.96. The van der Waals surface area contributed by atoms with Crippen molar-refractivity contribution in [2.45, 2.75) is 0 Å². The lowest BCUT2D eigenvalue weighted by Crippen LogP contribution is -2.20. The maximum Gasteiger partial charge on any atom is 0.335 e. The summed E-state index contributed by atoms with van der Waals surface area (Å²) < 4.78 is 3.37. The Balaban J connectivity index is 2.14. The molecule has 0 unspecified atom stereocenters. The highest BCUT2D eigenvalue weighted by molar-refractivity contribution is 5.93. The number of fused-ring (bicyclic) bond motifs is 1. The number of aromatic nitrogens is 2. The highest BCUT2D eigenvalue weighted by Crippen LogP contribution is 2.21. The standard InChI is InChI=1S/C20H14N2O3/c23-19-17-13-14(20(24)25)11-12-18(17)21(15-7-3-1-4-8-15)22(19)16-9-5-2-6-10-16/h1-13H,(H,24,25). The minimum atomic E-state index is -1.06. The summed E-state index contributed by atoms with van der Waals surface area (Å²) in [6.45, 7) is 0. The van der Waals surface area contributed by atoms with E-state index in [9.17, 15) is 14.7 Å². The predicted octanol–water partition coefficient (Wildman–Crippen LogP) is 3.48. The van der Waals surface area contributed by atoms with Gasteiger partial charge in [0.25, 0.3) is 5.56 Å². The van der Waals surface area contributed by atoms with E-state index < -0.39 is 5.97 Å². The molecule has 0 aliphatic heterocycles. The summed E-state index contributed by atoms with van der Waals surface area (Å²) in [5, 5.41) is 9.60. The van der Waals surface area contributed by atoms with E-state index in [1.54, 1.807) is 15.4 Å². The van der Waals surface area contributed by atoms with Gasteiger partial charge in [0.2, 0.25) is 0 Å². The molecule has 3 aromatic carbocycles. The molecule has 122 valence electrons. The van der Waals surface area contributed by atoms with Crippen LogP contribution in [0.5, 0.6) is 0 Å². The Morgan fingerprint density at radius 2 is 1.32 bits per heavy atom. The molecule has 4 aromatic rings. The first kappa shape index (κ1) is 15.0. The molecule has 0 aliphatic rings. The van der Waals surface area contributed by atoms with E-state index >= 15 is 0 Å². The molecule has 5 heteroatoms. The van der Waals surface area contributed by atoms with Gasteiger partial charge in [0, 0.05) is 0 Å². The molecule has 0 fully saturated rings. The number of benzene rings is 3. The van der Waals surface area contributed by atoms with Gasteiger partial charge < -0.3 is 5.11 Å². The minimum absolute atomic E-state index is 0.0926. The van der Waals surface area contributed by atoms with Gasteiger partial charge in [-0.15, -0.1) is 0 Å². The fourth-order valence-electron chi connectivity index (χ4n) is 2.96. The number of para-hydroxylation sites is 2. The van der Waals surface area contributed by atoms with Crippen LogP contribution in [0.1, 0.15) is 10.4 Å². The van der Waals surface area contributed by atoms with Crippen LogP contribution >= 0.6 is 0 Å². The summed E-state index contributed by atoms with van der Waals surface area (Å²) in [6.07, 6.45) is 0. The maximum absolute atomic E-state index is 13.0. The zero-order valence-corrected chi connectivity index (χ0v) is 13.2. The van der Waals surface area contributed by atoms with Gasteiger partial charge in [0.1, 0.15) is 0 Å². The number of carboxylic acids is 1. The molecular formula is C20H14N2O3. The normalized spacial score (nSPS) is 10.9. The summed E-state index contributed by atoms with van der Waals surface area (Å²) in [6, 6.07) is 23.4. The lowest BCUT2D eigenvalue weighted by molar-refractivity contribution is 0.0697. The van der Waals surface area contributed by atoms with Crippen LogP contribution in [0.2, 0.25) is 0 Å². The second-order valence-electron chi connectivity index (χ2n) is 5.64. The Kier molecular flexibility index (Phi) is 3.47. The van der Waals surface area contributed by atoms with Crippen molar-refractivity contribution < 1.29 is 9.90 Å². The zero-order chi connectivity index (χ0) is 17.4. The first-order valence-electron chi connectivity index (χ1n) is 7.79. The Labute approximate surface area is 143 Å². The summed E-state index contributed by atoms with van der Waals surface area (Å²) in [5.41, 5.74) is 2.03. The molecular weight excluding hydrogens is 316 g/mol. The quantitative estimate of drug-likeness (QED) is 0.625. The van der Waals surface area contributed by atoms with Crippen LogP contribution in [0.3, 0.4) is 0 Å². The van der Waals surface area contributed by atoms with Crippen molar-refractivity contribution in [3.63, 3.8) is 0 Å². The molecule has 1 aromatic heterocycles. The van der Waals surface area contributed by atoms with Crippen molar-refractivity contribution >= 4 is 16.9 Å². The average Bonchev–Trinajstić information content (AvgIpc) is 2.95. The summed E-state index contributed by atoms with van der Waals surface area (Å²) in [7, 11) is 0. The van der Waals surface area contributed by atoms with E-state index in [-0.39, 0.29) is 11.1 Å². The third kappa shape index (κ3) is 2.42. The Hall–Kier alpha value is -3.60. The Morgan fingerprint density at radius 3 is 1.88 bits per heavy atom. The topological polar surface area (TPSA) is 64.2 Å². The van der Waals surface area contributed by atoms with Crippen molar-refractivity contribution in [3.05, 3.63) is 94.8 Å². The Morgan fingerprint density at radius 1 is 0.760 bits per heavy atom. The van der Waals surface area contributed by atoms with Crippen molar-refractivity contribution in [2.24, 2.45) is 0 Å². The van der Waals surface area contributed by atoms with Crippen molar-refractivity contribution in [2.75, 3.05) is 0 Å². The number of carbonyl (C=O) groups is 1. The number of nitrogens with zero attached hydrogens (tertiary/aromatic N) is 2. The van der Waals surface area contributed by atoms with Crippen LogP contribution < -0.4 is 5.56 Å². The van der Waals surface area contributed by atoms with Crippen LogP contribution in [-0.2, 0) is 0 Å². The Bertz CT molecular complexity index is 1130. The monoisotopic (exact) mass is 330 g/mol. The smallest absolute Gasteiger partial charge is 0.335 e. The van der Waals surface area contributed by atoms with Crippen molar-refractivity contribution in [1.82, 2.24) is 9.36 Å². The van der Waals surface area contributed by atoms with Gasteiger partial charge in [-0.25, -0.2) is 14.2 Å². The molecule has 0 bridgehead atoms. The third-order valence-corrected chi connectivity index (χ3v) is 4.10. The molecule has 25 heavy (non-hydrogen) atoms. The molecule has 1 heterocycles. The molecule has 0 aliphatic carbocycles. The maximum atomic E-state index is 13.0. The van der Waals surface area contributed by atoms with E-state index in [1.807, 2.05) is 60.7 Å². The molecule has 0 saturated heterocycles. The number of carboxylic acid groups (broad SMARTS) is 1. The molecule has 0 amide bonds. The predicted molar refractivity (Wildman–Crippen MR) is 95.8 cm³/mol. The van der Waals surface area contributed by atoms with E-state index in [0.717, 1.165) is 5.69 Å². The minimum Gasteiger partial charge on any atom is -0.478 e. The molecule has 1 N–H and O–H groups in total. The first-order valence-corrected chi connectivity index (χ1v) is 7.79. The van der Waals surface area contributed by atoms with Gasteiger partial charge in [0.15, 0.2) is 0 Å². The highest BCUT2D eigenvalue weighted by atomic mass is 16.4. The number of hydrogen-bond acceptors (Lipinski definition) is 2. The second kappa shape index (κ2) is 5.79. The summed E-state index contributed by atoms with van der Waals surface area (Å²) >= 11 is 0. The van der Waals surface area contributed by atoms with Gasteiger partial charge in [0.05, 0.1) is 27.8 Å². The molecule has 0 atom stereocenters. The number of hydrogen-bond donors (Lipinski definition) is 1. The average molecular weight is 330 g/mol. The molecule has 0 spiro atoms. The molecule has 4 rings (SSSR count). The van der Waals surface area contributed by atoms with Crippen LogP contribution in [0.4, 0.5) is 0 Å². The molecule has 0 saturated carbocycles. The SMILES string of the molecule is O=C(O)c1ccc2c(c1)c(=O)n(-c1ccccc1)n2-c1ccccc1. The molecule has 5 nitrogen and oxygen atoms in total. The second-order valence-corrected chi connectivity index (χ2v) is 5.64. The van der Waals surface area contributed by atoms with Gasteiger partial charge in [-0.1, -0.05) is 36.4 Å². The van der Waals surface area contributed by atoms with Crippen LogP contribution in [0, 0.1) is 0 Å². The van der Waals surface area contributed by atoms with Crippen molar-refractivity contribution in [3.8, 4) is 11.4 Å². The largest absolute Gasteiger partial charge is 0.478 e. The lowest BCUT2D eigenvalue weighted by Gasteiger charge is -2.12. The van der Waals surface area contributed by atoms with Gasteiger partial charge in [-0.2, -0.15) is 0 Å². The zero-order valence-electron chi connectivity index (χ0n) is 13.2. The number of rotatable bonds is 3. The number of aromatic carboxylic acids is 1. The summed E-state index contributed by atoms with van der Waals surface area (Å²) in [4.78, 5) is 24.3. The molecule has 0 radical (unpaired) electrons. The van der Waals surface area contributed by atoms with Gasteiger partial charge in [-0.05, 0) is 42.5 Å². The summed E-state index contributed by atoms with van der Waals surface area (Å²) in [5.74, 6) is -1.06. The van der Waals surface area contributed by atoms with Gasteiger partial charge in [-0.3, -0.25) is 4.79 Å². The third-order valence-electron chi connectivity index (χ3n) is 4.10. The van der Waals surface area contributed by atoms with E-state index in [1.165, 1.54) is 12.1 Å². The van der Waals surface area contributed by atoms with Crippen LogP contribution in [0.15, 0.2) is 83.7 Å². The van der Waals surface area contributed by atoms with Crippen LogP contribution in [-0.4, -0.2) is 20.4 Å². The van der Waals surface area contributed by atoms with Crippen molar-refractivity contribution in [1.29, 1.82) is 0 Å². The van der Waals surface area contributed by atoms with E-state index in [4.69, 9.17) is 0 Å². The first-order chi connectivity index (χ1) is 12.2. The van der Waals surface area contributed by atoms with E-state index in [2.05, 4.69) is 0 Å². The van der Waals surface area contributed by atoms with E-state index in [0.29, 0.717) is 16.6 Å². The highest BCUT2D eigenvalue weighted by Gasteiger charge is 2.17. The fraction of sp³-hybridized carbons (Fsp3) is 0. The lowest BCUT2D eigenvalue weighted by atomic mass is 10.1. The van der Waals surface area contributed by atoms with Gasteiger partial charge >= 0.3 is 5.97 Å².